The van der Waals surface area contributed by atoms with E-state index in [4.69, 9.17) is 9.47 Å². The van der Waals surface area contributed by atoms with Crippen LogP contribution in [0, 0.1) is 0 Å². The van der Waals surface area contributed by atoms with Crippen LogP contribution in [0.4, 0.5) is 0 Å². The van der Waals surface area contributed by atoms with E-state index in [1.54, 1.807) is 12.1 Å². The van der Waals surface area contributed by atoms with Crippen molar-refractivity contribution in [3.05, 3.63) is 34.3 Å². The van der Waals surface area contributed by atoms with E-state index in [0.717, 1.165) is 4.47 Å². The zero-order valence-corrected chi connectivity index (χ0v) is 12.0. The van der Waals surface area contributed by atoms with Gasteiger partial charge in [0.25, 0.3) is 5.91 Å². The second-order valence-corrected chi connectivity index (χ2v) is 5.59. The molecule has 2 rings (SSSR count). The molecule has 18 heavy (non-hydrogen) atoms. The highest BCUT2D eigenvalue weighted by molar-refractivity contribution is 9.10. The average Bonchev–Trinajstić information content (AvgIpc) is 2.66. The third-order valence-corrected chi connectivity index (χ3v) is 3.14. The minimum Gasteiger partial charge on any atom is -0.349 e. The molecule has 4 nitrogen and oxygen atoms in total. The summed E-state index contributed by atoms with van der Waals surface area (Å²) in [5.41, 5.74) is 0.627. The molecule has 0 radical (unpaired) electrons. The minimum atomic E-state index is -0.550. The molecule has 0 bridgehead atoms. The Morgan fingerprint density at radius 3 is 2.94 bits per heavy atom. The predicted octanol–water partition coefficient (Wildman–Crippen LogP) is 2.33. The van der Waals surface area contributed by atoms with Crippen LogP contribution in [0.1, 0.15) is 24.2 Å². The first-order valence-electron chi connectivity index (χ1n) is 5.82. The van der Waals surface area contributed by atoms with Crippen LogP contribution >= 0.6 is 15.9 Å². The summed E-state index contributed by atoms with van der Waals surface area (Å²) in [7, 11) is 0. The Morgan fingerprint density at radius 1 is 1.56 bits per heavy atom. The lowest BCUT2D eigenvalue weighted by Crippen LogP contribution is -2.34. The zero-order valence-electron chi connectivity index (χ0n) is 10.4. The molecule has 0 spiro atoms. The second kappa shape index (κ2) is 5.38. The van der Waals surface area contributed by atoms with Gasteiger partial charge in [0.1, 0.15) is 6.10 Å². The number of ether oxygens (including phenoxy) is 2. The molecule has 1 aromatic rings. The maximum atomic E-state index is 11.9. The van der Waals surface area contributed by atoms with Crippen LogP contribution in [0.15, 0.2) is 28.7 Å². The maximum Gasteiger partial charge on any atom is 0.251 e. The van der Waals surface area contributed by atoms with Crippen molar-refractivity contribution in [3.8, 4) is 0 Å². The van der Waals surface area contributed by atoms with Crippen molar-refractivity contribution in [2.45, 2.75) is 25.7 Å². The van der Waals surface area contributed by atoms with Gasteiger partial charge in [-0.25, -0.2) is 0 Å². The fourth-order valence-electron chi connectivity index (χ4n) is 1.80. The van der Waals surface area contributed by atoms with Crippen molar-refractivity contribution >= 4 is 21.8 Å². The lowest BCUT2D eigenvalue weighted by molar-refractivity contribution is -0.137. The summed E-state index contributed by atoms with van der Waals surface area (Å²) in [6.07, 6.45) is -0.0869. The van der Waals surface area contributed by atoms with Crippen LogP contribution in [-0.4, -0.2) is 30.9 Å². The molecular weight excluding hydrogens is 298 g/mol. The first-order valence-corrected chi connectivity index (χ1v) is 6.61. The predicted molar refractivity (Wildman–Crippen MR) is 71.4 cm³/mol. The number of rotatable bonds is 3. The molecule has 1 aromatic carbocycles. The van der Waals surface area contributed by atoms with E-state index in [1.807, 2.05) is 26.0 Å². The lowest BCUT2D eigenvalue weighted by Gasteiger charge is -2.17. The van der Waals surface area contributed by atoms with Crippen molar-refractivity contribution in [2.75, 3.05) is 13.2 Å². The van der Waals surface area contributed by atoms with Gasteiger partial charge in [0.05, 0.1) is 6.61 Å². The summed E-state index contributed by atoms with van der Waals surface area (Å²) >= 11 is 3.34. The molecule has 1 atom stereocenters. The van der Waals surface area contributed by atoms with Gasteiger partial charge in [0.2, 0.25) is 0 Å². The van der Waals surface area contributed by atoms with Gasteiger partial charge < -0.3 is 14.8 Å². The summed E-state index contributed by atoms with van der Waals surface area (Å²) < 4.78 is 11.9. The summed E-state index contributed by atoms with van der Waals surface area (Å²) in [6.45, 7) is 4.69. The van der Waals surface area contributed by atoms with Gasteiger partial charge in [-0.1, -0.05) is 22.0 Å². The number of halogens is 1. The van der Waals surface area contributed by atoms with E-state index in [-0.39, 0.29) is 12.0 Å². The molecule has 1 unspecified atom stereocenters. The lowest BCUT2D eigenvalue weighted by atomic mass is 10.2. The fourth-order valence-corrected chi connectivity index (χ4v) is 2.20. The molecule has 98 valence electrons. The van der Waals surface area contributed by atoms with Crippen LogP contribution < -0.4 is 5.32 Å². The SMILES string of the molecule is CC1(C)OCC(CNC(=O)c2cccc(Br)c2)O1. The van der Waals surface area contributed by atoms with Gasteiger partial charge in [-0.2, -0.15) is 0 Å². The molecule has 1 N–H and O–H groups in total. The Hall–Kier alpha value is -0.910. The zero-order chi connectivity index (χ0) is 13.2. The smallest absolute Gasteiger partial charge is 0.251 e. The monoisotopic (exact) mass is 313 g/mol. The van der Waals surface area contributed by atoms with E-state index in [1.165, 1.54) is 0 Å². The van der Waals surface area contributed by atoms with Gasteiger partial charge in [0.15, 0.2) is 5.79 Å². The molecule has 1 saturated heterocycles. The van der Waals surface area contributed by atoms with Gasteiger partial charge >= 0.3 is 0 Å². The molecule has 1 heterocycles. The standard InChI is InChI=1S/C13H16BrNO3/c1-13(2)17-8-11(18-13)7-15-12(16)9-4-3-5-10(14)6-9/h3-6,11H,7-8H2,1-2H3,(H,15,16). The molecule has 0 aliphatic carbocycles. The highest BCUT2D eigenvalue weighted by Crippen LogP contribution is 2.21. The van der Waals surface area contributed by atoms with Gasteiger partial charge in [-0.15, -0.1) is 0 Å². The molecule has 1 aliphatic heterocycles. The molecule has 1 aliphatic rings. The van der Waals surface area contributed by atoms with Crippen LogP contribution in [0.25, 0.3) is 0 Å². The van der Waals surface area contributed by atoms with E-state index in [9.17, 15) is 4.79 Å². The molecule has 5 heteroatoms. The van der Waals surface area contributed by atoms with Crippen molar-refractivity contribution < 1.29 is 14.3 Å². The molecule has 0 aromatic heterocycles. The van der Waals surface area contributed by atoms with Crippen molar-refractivity contribution in [3.63, 3.8) is 0 Å². The van der Waals surface area contributed by atoms with Gasteiger partial charge in [0, 0.05) is 16.6 Å². The number of amides is 1. The van der Waals surface area contributed by atoms with E-state index in [0.29, 0.717) is 18.7 Å². The number of hydrogen-bond acceptors (Lipinski definition) is 3. The van der Waals surface area contributed by atoms with Crippen molar-refractivity contribution in [2.24, 2.45) is 0 Å². The maximum absolute atomic E-state index is 11.9. The first-order chi connectivity index (χ1) is 8.46. The van der Waals surface area contributed by atoms with Crippen molar-refractivity contribution in [1.82, 2.24) is 5.32 Å². The largest absolute Gasteiger partial charge is 0.349 e. The second-order valence-electron chi connectivity index (χ2n) is 4.67. The van der Waals surface area contributed by atoms with E-state index in [2.05, 4.69) is 21.2 Å². The Balaban J connectivity index is 1.86. The minimum absolute atomic E-state index is 0.0869. The summed E-state index contributed by atoms with van der Waals surface area (Å²) in [5.74, 6) is -0.657. The Morgan fingerprint density at radius 2 is 2.33 bits per heavy atom. The van der Waals surface area contributed by atoms with Gasteiger partial charge in [-0.05, 0) is 32.0 Å². The van der Waals surface area contributed by atoms with Crippen LogP contribution in [0.5, 0.6) is 0 Å². The van der Waals surface area contributed by atoms with E-state index < -0.39 is 5.79 Å². The summed E-state index contributed by atoms with van der Waals surface area (Å²) in [5, 5.41) is 2.84. The summed E-state index contributed by atoms with van der Waals surface area (Å²) in [6, 6.07) is 7.27. The highest BCUT2D eigenvalue weighted by Gasteiger charge is 2.32. The normalized spacial score (nSPS) is 21.8. The van der Waals surface area contributed by atoms with Crippen LogP contribution in [0.3, 0.4) is 0 Å². The van der Waals surface area contributed by atoms with Crippen LogP contribution in [-0.2, 0) is 9.47 Å². The third-order valence-electron chi connectivity index (χ3n) is 2.64. The number of carbonyl (C=O) groups is 1. The number of carbonyl (C=O) groups excluding carboxylic acids is 1. The average molecular weight is 314 g/mol. The highest BCUT2D eigenvalue weighted by atomic mass is 79.9. The number of hydrogen-bond donors (Lipinski definition) is 1. The Bertz CT molecular complexity index is 448. The van der Waals surface area contributed by atoms with Crippen LogP contribution in [0.2, 0.25) is 0 Å². The molecule has 0 saturated carbocycles. The number of nitrogens with one attached hydrogen (secondary N) is 1. The fraction of sp³-hybridized carbons (Fsp3) is 0.462. The Kier molecular flexibility index (Phi) is 4.04. The quantitative estimate of drug-likeness (QED) is 0.931. The van der Waals surface area contributed by atoms with E-state index >= 15 is 0 Å². The Labute approximate surface area is 115 Å². The molecule has 1 amide bonds. The topological polar surface area (TPSA) is 47.6 Å². The number of benzene rings is 1. The molecule has 1 fully saturated rings. The third kappa shape index (κ3) is 3.54. The summed E-state index contributed by atoms with van der Waals surface area (Å²) in [4.78, 5) is 11.9. The first kappa shape index (κ1) is 13.5. The van der Waals surface area contributed by atoms with Gasteiger partial charge in [-0.3, -0.25) is 4.79 Å². The van der Waals surface area contributed by atoms with Crippen molar-refractivity contribution in [1.29, 1.82) is 0 Å². The molecular formula is C13H16BrNO3.